The molecule has 2 N–H and O–H groups in total. The third-order valence-corrected chi connectivity index (χ3v) is 8.26. The van der Waals surface area contributed by atoms with Gasteiger partial charge >= 0.3 is 0 Å². The molecule has 5 nitrogen and oxygen atoms in total. The lowest BCUT2D eigenvalue weighted by molar-refractivity contribution is -0.136. The van der Waals surface area contributed by atoms with Crippen molar-refractivity contribution in [2.45, 2.75) is 59.9 Å². The van der Waals surface area contributed by atoms with Gasteiger partial charge in [0.1, 0.15) is 0 Å². The molecule has 0 saturated heterocycles. The van der Waals surface area contributed by atoms with Crippen LogP contribution in [-0.2, 0) is 11.2 Å². The maximum Gasteiger partial charge on any atom is 0.256 e. The molecule has 3 unspecified atom stereocenters. The van der Waals surface area contributed by atoms with E-state index in [2.05, 4.69) is 50.2 Å². The van der Waals surface area contributed by atoms with Gasteiger partial charge in [0.25, 0.3) is 5.91 Å². The fraction of sp³-hybridized carbons (Fsp3) is 0.414. The Morgan fingerprint density at radius 3 is 2.44 bits per heavy atom. The van der Waals surface area contributed by atoms with Crippen LogP contribution in [0, 0.1) is 16.7 Å². The normalized spacial score (nSPS) is 22.3. The van der Waals surface area contributed by atoms with Crippen LogP contribution in [0.1, 0.15) is 63.4 Å². The highest BCUT2D eigenvalue weighted by atomic mass is 16.2. The highest BCUT2D eigenvalue weighted by molar-refractivity contribution is 6.12. The summed E-state index contributed by atoms with van der Waals surface area (Å²) in [5, 5.41) is 7.07. The second kappa shape index (κ2) is 9.21. The zero-order valence-corrected chi connectivity index (χ0v) is 20.8. The van der Waals surface area contributed by atoms with Crippen LogP contribution in [0.5, 0.6) is 0 Å². The van der Waals surface area contributed by atoms with Crippen LogP contribution in [0.15, 0.2) is 60.8 Å². The van der Waals surface area contributed by atoms with Crippen molar-refractivity contribution in [2.75, 3.05) is 5.32 Å². The molecule has 34 heavy (non-hydrogen) atoms. The Morgan fingerprint density at radius 1 is 1.06 bits per heavy atom. The molecule has 2 amide bonds. The van der Waals surface area contributed by atoms with Crippen molar-refractivity contribution in [1.82, 2.24) is 10.3 Å². The van der Waals surface area contributed by atoms with E-state index in [1.54, 1.807) is 12.3 Å². The molecular formula is C29H35N3O2. The average molecular weight is 458 g/mol. The van der Waals surface area contributed by atoms with Crippen molar-refractivity contribution in [2.24, 2.45) is 16.7 Å². The Balaban J connectivity index is 1.37. The lowest BCUT2D eigenvalue weighted by Gasteiger charge is -2.40. The van der Waals surface area contributed by atoms with Gasteiger partial charge in [0.2, 0.25) is 5.91 Å². The van der Waals surface area contributed by atoms with Crippen molar-refractivity contribution < 1.29 is 9.59 Å². The Morgan fingerprint density at radius 2 is 1.76 bits per heavy atom. The van der Waals surface area contributed by atoms with Crippen molar-refractivity contribution in [3.8, 4) is 0 Å². The molecule has 0 radical (unpaired) electrons. The molecule has 5 heteroatoms. The Bertz CT molecular complexity index is 1200. The minimum absolute atomic E-state index is 0.0171. The van der Waals surface area contributed by atoms with Crippen LogP contribution in [0.2, 0.25) is 0 Å². The predicted molar refractivity (Wildman–Crippen MR) is 138 cm³/mol. The maximum absolute atomic E-state index is 13.2. The quantitative estimate of drug-likeness (QED) is 0.477. The molecule has 1 fully saturated rings. The predicted octanol–water partition coefficient (Wildman–Crippen LogP) is 6.00. The molecule has 0 aliphatic heterocycles. The van der Waals surface area contributed by atoms with E-state index in [9.17, 15) is 9.59 Å². The van der Waals surface area contributed by atoms with Gasteiger partial charge in [-0.1, -0.05) is 58.0 Å². The Hall–Kier alpha value is -3.21. The van der Waals surface area contributed by atoms with Gasteiger partial charge in [-0.2, -0.15) is 0 Å². The number of fused-ring (bicyclic) bond motifs is 1. The number of para-hydroxylation sites is 1. The van der Waals surface area contributed by atoms with Gasteiger partial charge in [0.05, 0.1) is 16.5 Å². The van der Waals surface area contributed by atoms with Gasteiger partial charge in [-0.15, -0.1) is 0 Å². The first-order valence-electron chi connectivity index (χ1n) is 12.2. The summed E-state index contributed by atoms with van der Waals surface area (Å²) in [7, 11) is 0. The minimum atomic E-state index is -0.341. The van der Waals surface area contributed by atoms with Gasteiger partial charge in [-0.05, 0) is 67.3 Å². The number of carbonyl (C=O) groups is 2. The van der Waals surface area contributed by atoms with E-state index < -0.39 is 0 Å². The van der Waals surface area contributed by atoms with E-state index in [0.29, 0.717) is 11.5 Å². The summed E-state index contributed by atoms with van der Waals surface area (Å²) >= 11 is 0. The molecular weight excluding hydrogens is 422 g/mol. The van der Waals surface area contributed by atoms with Gasteiger partial charge in [0, 0.05) is 23.3 Å². The molecule has 1 aliphatic carbocycles. The summed E-state index contributed by atoms with van der Waals surface area (Å²) in [6, 6.07) is 17.2. The van der Waals surface area contributed by atoms with Gasteiger partial charge in [0.15, 0.2) is 0 Å². The number of hydrogen-bond acceptors (Lipinski definition) is 3. The molecule has 1 aliphatic rings. The molecule has 1 heterocycles. The first-order valence-corrected chi connectivity index (χ1v) is 12.2. The summed E-state index contributed by atoms with van der Waals surface area (Å²) in [5.74, 6) is 0.530. The van der Waals surface area contributed by atoms with Crippen LogP contribution in [0.25, 0.3) is 10.9 Å². The SMILES string of the molecule is CC(Cc1ccc(NC(=O)c2ccnc3ccccc23)cc1)NC(=O)C1(C)CCC(C)C1(C)C. The fourth-order valence-electron chi connectivity index (χ4n) is 5.14. The van der Waals surface area contributed by atoms with E-state index in [0.717, 1.165) is 41.4 Å². The summed E-state index contributed by atoms with van der Waals surface area (Å²) < 4.78 is 0. The first-order chi connectivity index (χ1) is 16.1. The maximum atomic E-state index is 13.2. The van der Waals surface area contributed by atoms with E-state index in [-0.39, 0.29) is 28.7 Å². The number of hydrogen-bond donors (Lipinski definition) is 2. The zero-order valence-electron chi connectivity index (χ0n) is 20.8. The molecule has 0 bridgehead atoms. The number of rotatable bonds is 6. The number of aromatic nitrogens is 1. The second-order valence-corrected chi connectivity index (χ2v) is 10.6. The summed E-state index contributed by atoms with van der Waals surface area (Å²) in [6.45, 7) is 10.9. The lowest BCUT2D eigenvalue weighted by Crippen LogP contribution is -2.49. The van der Waals surface area contributed by atoms with Crippen molar-refractivity contribution >= 4 is 28.4 Å². The molecule has 4 rings (SSSR count). The summed E-state index contributed by atoms with van der Waals surface area (Å²) in [6.07, 6.45) is 4.42. The molecule has 3 atom stereocenters. The molecule has 2 aromatic carbocycles. The van der Waals surface area contributed by atoms with E-state index in [1.807, 2.05) is 48.5 Å². The molecule has 178 valence electrons. The number of anilines is 1. The summed E-state index contributed by atoms with van der Waals surface area (Å²) in [5.41, 5.74) is 2.89. The third kappa shape index (κ3) is 4.44. The highest BCUT2D eigenvalue weighted by Gasteiger charge is 2.54. The first kappa shape index (κ1) is 23.9. The van der Waals surface area contributed by atoms with Crippen LogP contribution in [0.4, 0.5) is 5.69 Å². The topological polar surface area (TPSA) is 71.1 Å². The van der Waals surface area contributed by atoms with Crippen molar-refractivity contribution in [3.05, 3.63) is 71.9 Å². The van der Waals surface area contributed by atoms with Crippen molar-refractivity contribution in [1.29, 1.82) is 0 Å². The monoisotopic (exact) mass is 457 g/mol. The minimum Gasteiger partial charge on any atom is -0.353 e. The van der Waals surface area contributed by atoms with Gasteiger partial charge in [-0.25, -0.2) is 0 Å². The molecule has 0 spiro atoms. The van der Waals surface area contributed by atoms with E-state index in [4.69, 9.17) is 0 Å². The molecule has 3 aromatic rings. The van der Waals surface area contributed by atoms with Crippen LogP contribution < -0.4 is 10.6 Å². The highest BCUT2D eigenvalue weighted by Crippen LogP contribution is 2.55. The zero-order chi connectivity index (χ0) is 24.5. The third-order valence-electron chi connectivity index (χ3n) is 8.26. The number of benzene rings is 2. The molecule has 1 aromatic heterocycles. The van der Waals surface area contributed by atoms with E-state index >= 15 is 0 Å². The Kier molecular flexibility index (Phi) is 6.48. The van der Waals surface area contributed by atoms with Gasteiger partial charge < -0.3 is 10.6 Å². The summed E-state index contributed by atoms with van der Waals surface area (Å²) in [4.78, 5) is 30.3. The van der Waals surface area contributed by atoms with Crippen molar-refractivity contribution in [3.63, 3.8) is 0 Å². The number of nitrogens with one attached hydrogen (secondary N) is 2. The van der Waals surface area contributed by atoms with E-state index in [1.165, 1.54) is 0 Å². The Labute approximate surface area is 202 Å². The number of nitrogens with zero attached hydrogens (tertiary/aromatic N) is 1. The van der Waals surface area contributed by atoms with Crippen LogP contribution >= 0.6 is 0 Å². The number of carbonyl (C=O) groups excluding carboxylic acids is 2. The standard InChI is InChI=1S/C29H35N3O2/c1-19-14-16-29(5,28(19,3)4)27(34)31-20(2)18-21-10-12-22(13-11-21)32-26(33)24-15-17-30-25-9-7-6-8-23(24)25/h6-13,15,17,19-20H,14,16,18H2,1-5H3,(H,31,34)(H,32,33). The number of amides is 2. The van der Waals surface area contributed by atoms with Gasteiger partial charge in [-0.3, -0.25) is 14.6 Å². The second-order valence-electron chi connectivity index (χ2n) is 10.6. The average Bonchev–Trinajstić information content (AvgIpc) is 3.03. The fourth-order valence-corrected chi connectivity index (χ4v) is 5.14. The number of pyridine rings is 1. The smallest absolute Gasteiger partial charge is 0.256 e. The van der Waals surface area contributed by atoms with Crippen LogP contribution in [0.3, 0.4) is 0 Å². The molecule has 1 saturated carbocycles. The van der Waals surface area contributed by atoms with Crippen LogP contribution in [-0.4, -0.2) is 22.8 Å². The lowest BCUT2D eigenvalue weighted by atomic mass is 9.65. The largest absolute Gasteiger partial charge is 0.353 e.